The molecule has 1 heterocycles. The van der Waals surface area contributed by atoms with Crippen molar-refractivity contribution in [3.63, 3.8) is 0 Å². The minimum absolute atomic E-state index is 0.128. The van der Waals surface area contributed by atoms with Gasteiger partial charge in [-0.15, -0.1) is 5.06 Å². The number of carbonyl (C=O) groups is 2. The van der Waals surface area contributed by atoms with Gasteiger partial charge in [-0.3, -0.25) is 4.79 Å². The second-order valence-electron chi connectivity index (χ2n) is 4.10. The van der Waals surface area contributed by atoms with E-state index in [4.69, 9.17) is 4.84 Å². The summed E-state index contributed by atoms with van der Waals surface area (Å²) in [5.41, 5.74) is 0.504. The average molecular weight is 233 g/mol. The first-order valence-corrected chi connectivity index (χ1v) is 5.80. The van der Waals surface area contributed by atoms with Crippen molar-refractivity contribution in [2.24, 2.45) is 0 Å². The van der Waals surface area contributed by atoms with E-state index in [-0.39, 0.29) is 12.3 Å². The maximum absolute atomic E-state index is 11.8. The van der Waals surface area contributed by atoms with Gasteiger partial charge in [0.25, 0.3) is 0 Å². The molecule has 0 atom stereocenters. The summed E-state index contributed by atoms with van der Waals surface area (Å²) in [5.74, 6) is -0.274. The highest BCUT2D eigenvalue weighted by molar-refractivity contribution is 5.89. The number of ketones is 1. The number of carbonyl (C=O) groups excluding carboxylic acids is 2. The lowest BCUT2D eigenvalue weighted by Gasteiger charge is -2.17. The SMILES string of the molecule is O=C1CCCCN(OC(=O)c2ccccc2)C1. The molecule has 1 aliphatic heterocycles. The summed E-state index contributed by atoms with van der Waals surface area (Å²) in [6.45, 7) is 0.836. The molecule has 4 nitrogen and oxygen atoms in total. The summed E-state index contributed by atoms with van der Waals surface area (Å²) in [5, 5.41) is 1.46. The van der Waals surface area contributed by atoms with Crippen molar-refractivity contribution in [3.8, 4) is 0 Å². The summed E-state index contributed by atoms with van der Waals surface area (Å²) < 4.78 is 0. The molecular formula is C13H15NO3. The van der Waals surface area contributed by atoms with Crippen molar-refractivity contribution < 1.29 is 14.4 Å². The molecule has 4 heteroatoms. The van der Waals surface area contributed by atoms with E-state index in [1.807, 2.05) is 6.07 Å². The normalized spacial score (nSPS) is 17.5. The van der Waals surface area contributed by atoms with Crippen LogP contribution in [-0.4, -0.2) is 29.9 Å². The van der Waals surface area contributed by atoms with Gasteiger partial charge in [-0.2, -0.15) is 0 Å². The molecule has 0 aliphatic carbocycles. The van der Waals surface area contributed by atoms with Crippen LogP contribution in [0, 0.1) is 0 Å². The van der Waals surface area contributed by atoms with Crippen LogP contribution in [0.1, 0.15) is 29.6 Å². The Bertz CT molecular complexity index is 402. The fraction of sp³-hybridized carbons (Fsp3) is 0.385. The summed E-state index contributed by atoms with van der Waals surface area (Å²) in [4.78, 5) is 28.3. The molecule has 0 amide bonds. The Hall–Kier alpha value is -1.68. The summed E-state index contributed by atoms with van der Waals surface area (Å²) in [7, 11) is 0. The molecule has 17 heavy (non-hydrogen) atoms. The van der Waals surface area contributed by atoms with Crippen LogP contribution in [0.15, 0.2) is 30.3 Å². The van der Waals surface area contributed by atoms with Crippen LogP contribution in [0.2, 0.25) is 0 Å². The van der Waals surface area contributed by atoms with Crippen LogP contribution in [-0.2, 0) is 9.63 Å². The van der Waals surface area contributed by atoms with Crippen LogP contribution in [0.4, 0.5) is 0 Å². The Morgan fingerprint density at radius 3 is 2.71 bits per heavy atom. The molecule has 2 rings (SSSR count). The summed E-state index contributed by atoms with van der Waals surface area (Å²) in [6.07, 6.45) is 2.34. The maximum Gasteiger partial charge on any atom is 0.357 e. The molecule has 90 valence electrons. The van der Waals surface area contributed by atoms with E-state index in [1.54, 1.807) is 24.3 Å². The minimum atomic E-state index is -0.403. The molecule has 0 N–H and O–H groups in total. The van der Waals surface area contributed by atoms with Gasteiger partial charge in [0.1, 0.15) is 5.78 Å². The van der Waals surface area contributed by atoms with Crippen LogP contribution >= 0.6 is 0 Å². The highest BCUT2D eigenvalue weighted by atomic mass is 16.7. The number of hydroxylamine groups is 2. The zero-order valence-electron chi connectivity index (χ0n) is 9.59. The topological polar surface area (TPSA) is 46.6 Å². The van der Waals surface area contributed by atoms with Gasteiger partial charge in [0.2, 0.25) is 0 Å². The number of nitrogens with zero attached hydrogens (tertiary/aromatic N) is 1. The van der Waals surface area contributed by atoms with Crippen molar-refractivity contribution in [2.45, 2.75) is 19.3 Å². The van der Waals surface area contributed by atoms with Crippen molar-refractivity contribution in [2.75, 3.05) is 13.1 Å². The largest absolute Gasteiger partial charge is 0.363 e. The fourth-order valence-electron chi connectivity index (χ4n) is 1.79. The molecular weight excluding hydrogens is 218 g/mol. The number of Topliss-reactive ketones (excluding diaryl/α,β-unsaturated/α-hetero) is 1. The lowest BCUT2D eigenvalue weighted by molar-refractivity contribution is -0.136. The fourth-order valence-corrected chi connectivity index (χ4v) is 1.79. The van der Waals surface area contributed by atoms with E-state index < -0.39 is 5.97 Å². The number of benzene rings is 1. The van der Waals surface area contributed by atoms with E-state index in [0.717, 1.165) is 12.8 Å². The first-order valence-electron chi connectivity index (χ1n) is 5.80. The van der Waals surface area contributed by atoms with E-state index in [9.17, 15) is 9.59 Å². The average Bonchev–Trinajstić information content (AvgIpc) is 2.55. The first kappa shape index (κ1) is 11.8. The van der Waals surface area contributed by atoms with Gasteiger partial charge in [0, 0.05) is 13.0 Å². The maximum atomic E-state index is 11.8. The van der Waals surface area contributed by atoms with Gasteiger partial charge in [0.15, 0.2) is 0 Å². The Morgan fingerprint density at radius 1 is 1.18 bits per heavy atom. The third kappa shape index (κ3) is 3.39. The lowest BCUT2D eigenvalue weighted by atomic mass is 10.2. The molecule has 1 aromatic carbocycles. The Balaban J connectivity index is 1.96. The van der Waals surface area contributed by atoms with E-state index >= 15 is 0 Å². The third-order valence-corrected chi connectivity index (χ3v) is 2.69. The highest BCUT2D eigenvalue weighted by Crippen LogP contribution is 2.10. The van der Waals surface area contributed by atoms with Gasteiger partial charge in [-0.05, 0) is 25.0 Å². The summed E-state index contributed by atoms with van der Waals surface area (Å²) >= 11 is 0. The number of rotatable bonds is 2. The molecule has 0 bridgehead atoms. The number of hydrogen-bond acceptors (Lipinski definition) is 4. The quantitative estimate of drug-likeness (QED) is 0.781. The van der Waals surface area contributed by atoms with Gasteiger partial charge >= 0.3 is 5.97 Å². The van der Waals surface area contributed by atoms with Crippen molar-refractivity contribution in [3.05, 3.63) is 35.9 Å². The molecule has 1 saturated heterocycles. The van der Waals surface area contributed by atoms with E-state index in [1.165, 1.54) is 5.06 Å². The molecule has 0 unspecified atom stereocenters. The first-order chi connectivity index (χ1) is 8.25. The van der Waals surface area contributed by atoms with Crippen LogP contribution in [0.3, 0.4) is 0 Å². The molecule has 1 aliphatic rings. The third-order valence-electron chi connectivity index (χ3n) is 2.69. The molecule has 1 aromatic rings. The van der Waals surface area contributed by atoms with Crippen molar-refractivity contribution >= 4 is 11.8 Å². The van der Waals surface area contributed by atoms with Gasteiger partial charge in [-0.25, -0.2) is 4.79 Å². The Kier molecular flexibility index (Phi) is 3.88. The van der Waals surface area contributed by atoms with Gasteiger partial charge in [-0.1, -0.05) is 18.2 Å². The van der Waals surface area contributed by atoms with Crippen molar-refractivity contribution in [1.29, 1.82) is 0 Å². The van der Waals surface area contributed by atoms with Crippen LogP contribution in [0.25, 0.3) is 0 Å². The Labute approximate surface area is 100 Å². The molecule has 1 fully saturated rings. The number of hydrogen-bond donors (Lipinski definition) is 0. The van der Waals surface area contributed by atoms with E-state index in [0.29, 0.717) is 18.5 Å². The van der Waals surface area contributed by atoms with Crippen LogP contribution < -0.4 is 0 Å². The lowest BCUT2D eigenvalue weighted by Crippen LogP contribution is -2.31. The smallest absolute Gasteiger partial charge is 0.357 e. The molecule has 0 spiro atoms. The minimum Gasteiger partial charge on any atom is -0.363 e. The predicted octanol–water partition coefficient (Wildman–Crippen LogP) is 1.81. The van der Waals surface area contributed by atoms with Crippen LogP contribution in [0.5, 0.6) is 0 Å². The molecule has 0 radical (unpaired) electrons. The highest BCUT2D eigenvalue weighted by Gasteiger charge is 2.19. The summed E-state index contributed by atoms with van der Waals surface area (Å²) in [6, 6.07) is 8.80. The van der Waals surface area contributed by atoms with Gasteiger partial charge in [0.05, 0.1) is 12.1 Å². The van der Waals surface area contributed by atoms with Crippen molar-refractivity contribution in [1.82, 2.24) is 5.06 Å². The second-order valence-corrected chi connectivity index (χ2v) is 4.10. The van der Waals surface area contributed by atoms with Gasteiger partial charge < -0.3 is 4.84 Å². The zero-order chi connectivity index (χ0) is 12.1. The standard InChI is InChI=1S/C13H15NO3/c15-12-8-4-5-9-14(10-12)17-13(16)11-6-2-1-3-7-11/h1-3,6-7H,4-5,8-10H2. The molecule has 0 aromatic heterocycles. The Morgan fingerprint density at radius 2 is 1.94 bits per heavy atom. The predicted molar refractivity (Wildman–Crippen MR) is 62.3 cm³/mol. The monoisotopic (exact) mass is 233 g/mol. The molecule has 0 saturated carbocycles. The second kappa shape index (κ2) is 5.59. The van der Waals surface area contributed by atoms with E-state index in [2.05, 4.69) is 0 Å². The zero-order valence-corrected chi connectivity index (χ0v) is 9.59.